The highest BCUT2D eigenvalue weighted by Crippen LogP contribution is 2.30. The van der Waals surface area contributed by atoms with E-state index in [4.69, 9.17) is 17.3 Å². The minimum absolute atomic E-state index is 0.175. The summed E-state index contributed by atoms with van der Waals surface area (Å²) in [6.07, 6.45) is 1.65. The van der Waals surface area contributed by atoms with Gasteiger partial charge >= 0.3 is 0 Å². The van der Waals surface area contributed by atoms with Gasteiger partial charge in [0.15, 0.2) is 17.5 Å². The van der Waals surface area contributed by atoms with Gasteiger partial charge in [-0.25, -0.2) is 14.4 Å². The number of hydrogen-bond donors (Lipinski definition) is 1. The maximum absolute atomic E-state index is 13.5. The second-order valence-corrected chi connectivity index (χ2v) is 4.73. The molecule has 0 aliphatic heterocycles. The van der Waals surface area contributed by atoms with Crippen LogP contribution in [0.1, 0.15) is 5.69 Å². The quantitative estimate of drug-likeness (QED) is 0.745. The molecule has 0 spiro atoms. The number of hydrogen-bond acceptors (Lipinski definition) is 4. The van der Waals surface area contributed by atoms with Crippen LogP contribution in [0.25, 0.3) is 22.3 Å². The first-order valence-corrected chi connectivity index (χ1v) is 6.29. The molecular weight excluding hydrogens is 279 g/mol. The van der Waals surface area contributed by atoms with Crippen molar-refractivity contribution in [3.05, 3.63) is 47.0 Å². The Morgan fingerprint density at radius 1 is 1.20 bits per heavy atom. The second-order valence-electron chi connectivity index (χ2n) is 4.33. The molecule has 0 atom stereocenters. The molecule has 0 radical (unpaired) electrons. The molecule has 3 rings (SSSR count). The Kier molecular flexibility index (Phi) is 2.99. The van der Waals surface area contributed by atoms with Crippen LogP contribution in [0.5, 0.6) is 0 Å². The van der Waals surface area contributed by atoms with Crippen molar-refractivity contribution in [2.75, 3.05) is 5.73 Å². The van der Waals surface area contributed by atoms with Gasteiger partial charge in [-0.3, -0.25) is 4.98 Å². The van der Waals surface area contributed by atoms with Crippen molar-refractivity contribution in [3.63, 3.8) is 0 Å². The zero-order valence-corrected chi connectivity index (χ0v) is 11.3. The SMILES string of the molecule is Cc1nc(-c2ccc(Cl)c3cccnc23)nc(N)c1F. The third-order valence-corrected chi connectivity index (χ3v) is 3.33. The molecule has 0 fully saturated rings. The van der Waals surface area contributed by atoms with E-state index in [1.165, 1.54) is 0 Å². The summed E-state index contributed by atoms with van der Waals surface area (Å²) < 4.78 is 13.5. The van der Waals surface area contributed by atoms with Crippen LogP contribution in [0.4, 0.5) is 10.2 Å². The van der Waals surface area contributed by atoms with E-state index in [1.807, 2.05) is 6.07 Å². The Hall–Kier alpha value is -2.27. The smallest absolute Gasteiger partial charge is 0.186 e. The molecule has 100 valence electrons. The minimum atomic E-state index is -0.597. The Labute approximate surface area is 119 Å². The average molecular weight is 289 g/mol. The number of nitrogen functional groups attached to an aromatic ring is 1. The van der Waals surface area contributed by atoms with Gasteiger partial charge in [0.1, 0.15) is 0 Å². The molecule has 1 aromatic carbocycles. The summed E-state index contributed by atoms with van der Waals surface area (Å²) in [7, 11) is 0. The van der Waals surface area contributed by atoms with Crippen molar-refractivity contribution in [1.82, 2.24) is 15.0 Å². The number of nitrogens with two attached hydrogens (primary N) is 1. The van der Waals surface area contributed by atoms with E-state index in [2.05, 4.69) is 15.0 Å². The average Bonchev–Trinajstić information content (AvgIpc) is 2.45. The topological polar surface area (TPSA) is 64.7 Å². The van der Waals surface area contributed by atoms with Crippen molar-refractivity contribution in [1.29, 1.82) is 0 Å². The molecule has 0 amide bonds. The van der Waals surface area contributed by atoms with Crippen LogP contribution in [-0.2, 0) is 0 Å². The fourth-order valence-electron chi connectivity index (χ4n) is 2.02. The first-order valence-electron chi connectivity index (χ1n) is 5.91. The predicted molar refractivity (Wildman–Crippen MR) is 76.9 cm³/mol. The van der Waals surface area contributed by atoms with Crippen molar-refractivity contribution in [2.24, 2.45) is 0 Å². The van der Waals surface area contributed by atoms with Crippen LogP contribution >= 0.6 is 11.6 Å². The van der Waals surface area contributed by atoms with Gasteiger partial charge in [0.2, 0.25) is 0 Å². The molecule has 2 heterocycles. The number of anilines is 1. The molecule has 0 aliphatic rings. The molecule has 6 heteroatoms. The van der Waals surface area contributed by atoms with Crippen LogP contribution in [0, 0.1) is 12.7 Å². The van der Waals surface area contributed by atoms with E-state index in [0.29, 0.717) is 21.9 Å². The lowest BCUT2D eigenvalue weighted by atomic mass is 10.1. The zero-order chi connectivity index (χ0) is 14.3. The zero-order valence-electron chi connectivity index (χ0n) is 10.6. The van der Waals surface area contributed by atoms with Crippen LogP contribution < -0.4 is 5.73 Å². The molecule has 4 nitrogen and oxygen atoms in total. The highest BCUT2D eigenvalue weighted by Gasteiger charge is 2.14. The number of aromatic nitrogens is 3. The molecule has 0 unspecified atom stereocenters. The summed E-state index contributed by atoms with van der Waals surface area (Å²) in [4.78, 5) is 12.4. The molecule has 0 saturated carbocycles. The summed E-state index contributed by atoms with van der Waals surface area (Å²) in [5.74, 6) is -0.437. The lowest BCUT2D eigenvalue weighted by molar-refractivity contribution is 0.608. The number of pyridine rings is 1. The van der Waals surface area contributed by atoms with Gasteiger partial charge < -0.3 is 5.73 Å². The highest BCUT2D eigenvalue weighted by atomic mass is 35.5. The third kappa shape index (κ3) is 1.96. The van der Waals surface area contributed by atoms with Crippen LogP contribution in [0.15, 0.2) is 30.5 Å². The van der Waals surface area contributed by atoms with E-state index in [-0.39, 0.29) is 11.5 Å². The molecule has 2 N–H and O–H groups in total. The molecule has 3 aromatic rings. The van der Waals surface area contributed by atoms with Crippen LogP contribution in [0.3, 0.4) is 0 Å². The van der Waals surface area contributed by atoms with Gasteiger partial charge in [0.25, 0.3) is 0 Å². The Morgan fingerprint density at radius 3 is 2.75 bits per heavy atom. The first-order chi connectivity index (χ1) is 9.58. The summed E-state index contributed by atoms with van der Waals surface area (Å²) in [5.41, 5.74) is 7.08. The Bertz CT molecular complexity index is 796. The summed E-state index contributed by atoms with van der Waals surface area (Å²) in [6, 6.07) is 7.14. The Balaban J connectivity index is 2.33. The number of benzene rings is 1. The van der Waals surface area contributed by atoms with Gasteiger partial charge in [-0.1, -0.05) is 11.6 Å². The van der Waals surface area contributed by atoms with E-state index < -0.39 is 5.82 Å². The van der Waals surface area contributed by atoms with Crippen molar-refractivity contribution >= 4 is 28.3 Å². The van der Waals surface area contributed by atoms with Gasteiger partial charge in [0.05, 0.1) is 16.2 Å². The summed E-state index contributed by atoms with van der Waals surface area (Å²) in [5, 5.41) is 1.37. The lowest BCUT2D eigenvalue weighted by Gasteiger charge is -2.08. The minimum Gasteiger partial charge on any atom is -0.381 e. The predicted octanol–water partition coefficient (Wildman–Crippen LogP) is 3.37. The van der Waals surface area contributed by atoms with Crippen molar-refractivity contribution in [3.8, 4) is 11.4 Å². The largest absolute Gasteiger partial charge is 0.381 e. The summed E-state index contributed by atoms with van der Waals surface area (Å²) in [6.45, 7) is 1.54. The van der Waals surface area contributed by atoms with Crippen LogP contribution in [-0.4, -0.2) is 15.0 Å². The molecule has 0 bridgehead atoms. The van der Waals surface area contributed by atoms with Crippen molar-refractivity contribution < 1.29 is 4.39 Å². The number of rotatable bonds is 1. The van der Waals surface area contributed by atoms with E-state index in [0.717, 1.165) is 5.39 Å². The molecule has 0 saturated heterocycles. The van der Waals surface area contributed by atoms with Crippen molar-refractivity contribution in [2.45, 2.75) is 6.92 Å². The van der Waals surface area contributed by atoms with Gasteiger partial charge in [-0.15, -0.1) is 0 Å². The van der Waals surface area contributed by atoms with Gasteiger partial charge in [0, 0.05) is 17.1 Å². The second kappa shape index (κ2) is 4.68. The Morgan fingerprint density at radius 2 is 2.00 bits per heavy atom. The fourth-order valence-corrected chi connectivity index (χ4v) is 2.24. The summed E-state index contributed by atoms with van der Waals surface area (Å²) >= 11 is 6.14. The monoisotopic (exact) mass is 288 g/mol. The number of aryl methyl sites for hydroxylation is 1. The molecule has 2 aromatic heterocycles. The van der Waals surface area contributed by atoms with E-state index >= 15 is 0 Å². The maximum Gasteiger partial charge on any atom is 0.186 e. The molecule has 20 heavy (non-hydrogen) atoms. The molecule has 0 aliphatic carbocycles. The normalized spacial score (nSPS) is 10.9. The van der Waals surface area contributed by atoms with Gasteiger partial charge in [-0.05, 0) is 31.2 Å². The van der Waals surface area contributed by atoms with E-state index in [9.17, 15) is 4.39 Å². The van der Waals surface area contributed by atoms with E-state index in [1.54, 1.807) is 31.3 Å². The third-order valence-electron chi connectivity index (χ3n) is 3.00. The number of fused-ring (bicyclic) bond motifs is 1. The fraction of sp³-hybridized carbons (Fsp3) is 0.0714. The standard InChI is InChI=1S/C14H10ClFN4/c1-7-11(16)13(17)20-14(19-7)9-4-5-10(15)8-3-2-6-18-12(8)9/h2-6H,1H3,(H2,17,19,20). The highest BCUT2D eigenvalue weighted by molar-refractivity contribution is 6.35. The maximum atomic E-state index is 13.5. The molecular formula is C14H10ClFN4. The first kappa shape index (κ1) is 12.7. The van der Waals surface area contributed by atoms with Gasteiger partial charge in [-0.2, -0.15) is 0 Å². The lowest BCUT2D eigenvalue weighted by Crippen LogP contribution is -2.03. The van der Waals surface area contributed by atoms with Crippen LogP contribution in [0.2, 0.25) is 5.02 Å². The number of nitrogens with zero attached hydrogens (tertiary/aromatic N) is 3. The number of halogens is 2.